The van der Waals surface area contributed by atoms with Crippen LogP contribution in [0, 0.1) is 22.9 Å². The lowest BCUT2D eigenvalue weighted by molar-refractivity contribution is -0.387. The smallest absolute Gasteiger partial charge is 0.258 e. The first-order valence-electron chi connectivity index (χ1n) is 5.04. The number of aryl methyl sites for hydroxylation is 1. The fraction of sp³-hybridized carbons (Fsp3) is 0.182. The molecule has 0 spiro atoms. The highest BCUT2D eigenvalue weighted by molar-refractivity contribution is 8.00. The first-order chi connectivity index (χ1) is 8.58. The molecule has 0 fully saturated rings. The number of halogens is 1. The van der Waals surface area contributed by atoms with Crippen molar-refractivity contribution in [3.05, 3.63) is 50.8 Å². The van der Waals surface area contributed by atoms with Gasteiger partial charge in [0.05, 0.1) is 4.92 Å². The van der Waals surface area contributed by atoms with E-state index < -0.39 is 16.4 Å². The number of thiazole rings is 1. The van der Waals surface area contributed by atoms with Gasteiger partial charge < -0.3 is 0 Å². The van der Waals surface area contributed by atoms with E-state index in [4.69, 9.17) is 0 Å². The van der Waals surface area contributed by atoms with Gasteiger partial charge in [0.1, 0.15) is 4.34 Å². The normalized spacial score (nSPS) is 10.6. The quantitative estimate of drug-likeness (QED) is 0.487. The molecule has 0 amide bonds. The van der Waals surface area contributed by atoms with E-state index in [0.29, 0.717) is 11.3 Å². The minimum absolute atomic E-state index is 0.321. The zero-order chi connectivity index (χ0) is 13.1. The molecule has 0 N–H and O–H groups in total. The maximum Gasteiger partial charge on any atom is 0.305 e. The highest BCUT2D eigenvalue weighted by Crippen LogP contribution is 2.29. The van der Waals surface area contributed by atoms with E-state index in [1.807, 2.05) is 12.3 Å². The topological polar surface area (TPSA) is 56.0 Å². The van der Waals surface area contributed by atoms with Gasteiger partial charge in [-0.2, -0.15) is 4.39 Å². The third-order valence-electron chi connectivity index (χ3n) is 2.20. The van der Waals surface area contributed by atoms with Crippen LogP contribution >= 0.6 is 23.1 Å². The average Bonchev–Trinajstić information content (AvgIpc) is 2.73. The minimum atomic E-state index is -0.761. The molecule has 0 saturated carbocycles. The molecule has 2 aromatic rings. The summed E-state index contributed by atoms with van der Waals surface area (Å²) < 4.78 is 14.6. The summed E-state index contributed by atoms with van der Waals surface area (Å²) in [6.45, 7) is 1.88. The largest absolute Gasteiger partial charge is 0.305 e. The van der Waals surface area contributed by atoms with Gasteiger partial charge in [-0.3, -0.25) is 10.1 Å². The molecule has 18 heavy (non-hydrogen) atoms. The molecule has 1 heterocycles. The molecule has 4 nitrogen and oxygen atoms in total. The standard InChI is InChI=1S/C11H9FN2O2S2/c1-7-5-17-11(13-7)18-6-8-3-2-4-9(10(8)12)14(15)16/h2-5H,6H2,1H3. The second kappa shape index (κ2) is 5.45. The van der Waals surface area contributed by atoms with E-state index in [0.717, 1.165) is 16.1 Å². The number of rotatable bonds is 4. The lowest BCUT2D eigenvalue weighted by Crippen LogP contribution is -1.96. The van der Waals surface area contributed by atoms with Crippen molar-refractivity contribution < 1.29 is 9.31 Å². The molecule has 0 atom stereocenters. The fourth-order valence-electron chi connectivity index (χ4n) is 1.36. The Hall–Kier alpha value is -1.47. The van der Waals surface area contributed by atoms with Gasteiger partial charge in [-0.1, -0.05) is 23.9 Å². The molecule has 7 heteroatoms. The number of hydrogen-bond acceptors (Lipinski definition) is 5. The molecular weight excluding hydrogens is 275 g/mol. The first-order valence-corrected chi connectivity index (χ1v) is 6.91. The fourth-order valence-corrected chi connectivity index (χ4v) is 3.18. The van der Waals surface area contributed by atoms with Crippen LogP contribution in [0.25, 0.3) is 0 Å². The number of thioether (sulfide) groups is 1. The molecule has 2 rings (SSSR count). The van der Waals surface area contributed by atoms with Crippen LogP contribution in [0.4, 0.5) is 10.1 Å². The second-order valence-electron chi connectivity index (χ2n) is 3.55. The van der Waals surface area contributed by atoms with Crippen molar-refractivity contribution in [2.75, 3.05) is 0 Å². The van der Waals surface area contributed by atoms with Crippen LogP contribution in [-0.2, 0) is 5.75 Å². The van der Waals surface area contributed by atoms with Gasteiger partial charge in [-0.15, -0.1) is 11.3 Å². The number of nitrogens with zero attached hydrogens (tertiary/aromatic N) is 2. The molecule has 0 saturated heterocycles. The van der Waals surface area contributed by atoms with Gasteiger partial charge in [0.25, 0.3) is 0 Å². The van der Waals surface area contributed by atoms with E-state index in [1.54, 1.807) is 6.07 Å². The average molecular weight is 284 g/mol. The number of nitro benzene ring substituents is 1. The molecule has 0 radical (unpaired) electrons. The van der Waals surface area contributed by atoms with Crippen molar-refractivity contribution in [2.24, 2.45) is 0 Å². The lowest BCUT2D eigenvalue weighted by Gasteiger charge is -2.01. The lowest BCUT2D eigenvalue weighted by atomic mass is 10.2. The van der Waals surface area contributed by atoms with Crippen LogP contribution in [0.15, 0.2) is 27.9 Å². The Balaban J connectivity index is 2.14. The number of aromatic nitrogens is 1. The molecule has 0 unspecified atom stereocenters. The van der Waals surface area contributed by atoms with Crippen molar-refractivity contribution in [1.82, 2.24) is 4.98 Å². The van der Waals surface area contributed by atoms with Gasteiger partial charge in [0.15, 0.2) is 0 Å². The van der Waals surface area contributed by atoms with Crippen LogP contribution in [0.2, 0.25) is 0 Å². The van der Waals surface area contributed by atoms with Gasteiger partial charge >= 0.3 is 5.69 Å². The number of hydrogen-bond donors (Lipinski definition) is 0. The summed E-state index contributed by atoms with van der Waals surface area (Å²) in [4.78, 5) is 14.1. The summed E-state index contributed by atoms with van der Waals surface area (Å²) in [6, 6.07) is 4.21. The van der Waals surface area contributed by atoms with E-state index in [9.17, 15) is 14.5 Å². The van der Waals surface area contributed by atoms with Crippen LogP contribution in [-0.4, -0.2) is 9.91 Å². The van der Waals surface area contributed by atoms with E-state index in [-0.39, 0.29) is 0 Å². The van der Waals surface area contributed by atoms with Gasteiger partial charge in [-0.25, -0.2) is 4.98 Å². The Bertz CT molecular complexity index is 586. The molecule has 0 aliphatic carbocycles. The van der Waals surface area contributed by atoms with Gasteiger partial charge in [0, 0.05) is 28.5 Å². The number of benzene rings is 1. The van der Waals surface area contributed by atoms with Crippen molar-refractivity contribution >= 4 is 28.8 Å². The van der Waals surface area contributed by atoms with Crippen LogP contribution in [0.5, 0.6) is 0 Å². The summed E-state index contributed by atoms with van der Waals surface area (Å²) in [7, 11) is 0. The maximum atomic E-state index is 13.8. The van der Waals surface area contributed by atoms with Crippen LogP contribution in [0.3, 0.4) is 0 Å². The maximum absolute atomic E-state index is 13.8. The zero-order valence-corrected chi connectivity index (χ0v) is 11.1. The zero-order valence-electron chi connectivity index (χ0n) is 9.42. The summed E-state index contributed by atoms with van der Waals surface area (Å²) in [5.74, 6) is -0.427. The molecule has 1 aromatic heterocycles. The molecule has 94 valence electrons. The van der Waals surface area contributed by atoms with E-state index in [1.165, 1.54) is 29.2 Å². The van der Waals surface area contributed by atoms with Crippen molar-refractivity contribution in [1.29, 1.82) is 0 Å². The van der Waals surface area contributed by atoms with Gasteiger partial charge in [-0.05, 0) is 6.92 Å². The molecule has 1 aromatic carbocycles. The first kappa shape index (κ1) is 13.0. The Labute approximate surface area is 111 Å². The van der Waals surface area contributed by atoms with Crippen LogP contribution in [0.1, 0.15) is 11.3 Å². The van der Waals surface area contributed by atoms with Crippen molar-refractivity contribution in [2.45, 2.75) is 17.0 Å². The highest BCUT2D eigenvalue weighted by atomic mass is 32.2. The molecule has 0 aliphatic rings. The Morgan fingerprint density at radius 3 is 2.94 bits per heavy atom. The van der Waals surface area contributed by atoms with Crippen molar-refractivity contribution in [3.63, 3.8) is 0 Å². The summed E-state index contributed by atoms with van der Waals surface area (Å²) >= 11 is 2.85. The highest BCUT2D eigenvalue weighted by Gasteiger charge is 2.17. The Morgan fingerprint density at radius 2 is 2.33 bits per heavy atom. The molecule has 0 bridgehead atoms. The second-order valence-corrected chi connectivity index (χ2v) is 5.63. The van der Waals surface area contributed by atoms with Crippen molar-refractivity contribution in [3.8, 4) is 0 Å². The third-order valence-corrected chi connectivity index (χ3v) is 4.39. The van der Waals surface area contributed by atoms with E-state index >= 15 is 0 Å². The molecule has 0 aliphatic heterocycles. The van der Waals surface area contributed by atoms with Crippen LogP contribution < -0.4 is 0 Å². The Morgan fingerprint density at radius 1 is 1.56 bits per heavy atom. The van der Waals surface area contributed by atoms with Gasteiger partial charge in [0.2, 0.25) is 5.82 Å². The summed E-state index contributed by atoms with van der Waals surface area (Å²) in [6.07, 6.45) is 0. The van der Waals surface area contributed by atoms with E-state index in [2.05, 4.69) is 4.98 Å². The molecular formula is C11H9FN2O2S2. The predicted molar refractivity (Wildman–Crippen MR) is 69.5 cm³/mol. The predicted octanol–water partition coefficient (Wildman–Crippen LogP) is 3.79. The Kier molecular flexibility index (Phi) is 3.93. The minimum Gasteiger partial charge on any atom is -0.258 e. The third kappa shape index (κ3) is 2.85. The SMILES string of the molecule is Cc1csc(SCc2cccc([N+](=O)[O-])c2F)n1. The monoisotopic (exact) mass is 284 g/mol. The summed E-state index contributed by atoms with van der Waals surface area (Å²) in [5, 5.41) is 12.5. The number of nitro groups is 1. The summed E-state index contributed by atoms with van der Waals surface area (Å²) in [5.41, 5.74) is 0.757.